The molecule has 2 aliphatic rings. The quantitative estimate of drug-likeness (QED) is 0.544. The molecular formula is C23H28N6O3S. The van der Waals surface area contributed by atoms with Gasteiger partial charge in [-0.05, 0) is 35.9 Å². The number of rotatable bonds is 6. The molecule has 0 saturated carbocycles. The Balaban J connectivity index is 1.16. The highest BCUT2D eigenvalue weighted by Gasteiger charge is 2.27. The van der Waals surface area contributed by atoms with Gasteiger partial charge in [-0.25, -0.2) is 18.1 Å². The topological polar surface area (TPSA) is 83.8 Å². The van der Waals surface area contributed by atoms with E-state index in [2.05, 4.69) is 44.1 Å². The van der Waals surface area contributed by atoms with Gasteiger partial charge in [0, 0.05) is 64.4 Å². The van der Waals surface area contributed by atoms with Crippen molar-refractivity contribution in [3.8, 4) is 5.69 Å². The fourth-order valence-corrected chi connectivity index (χ4v) is 5.57. The second-order valence-electron chi connectivity index (χ2n) is 8.25. The Kier molecular flexibility index (Phi) is 6.41. The van der Waals surface area contributed by atoms with Crippen molar-refractivity contribution in [3.05, 3.63) is 66.6 Å². The summed E-state index contributed by atoms with van der Waals surface area (Å²) in [6.07, 6.45) is 5.19. The number of pyridine rings is 1. The molecular weight excluding hydrogens is 440 g/mol. The van der Waals surface area contributed by atoms with Gasteiger partial charge in [-0.2, -0.15) is 9.40 Å². The lowest BCUT2D eigenvalue weighted by Crippen LogP contribution is -2.46. The maximum absolute atomic E-state index is 12.8. The summed E-state index contributed by atoms with van der Waals surface area (Å²) in [6, 6.07) is 13.9. The molecule has 0 unspecified atom stereocenters. The Hall–Kier alpha value is -2.79. The van der Waals surface area contributed by atoms with Crippen LogP contribution in [0.4, 0.5) is 5.82 Å². The molecule has 10 heteroatoms. The molecule has 0 spiro atoms. The summed E-state index contributed by atoms with van der Waals surface area (Å²) in [5, 5.41) is 4.27. The van der Waals surface area contributed by atoms with Crippen LogP contribution in [0.3, 0.4) is 0 Å². The fraction of sp³-hybridized carbons (Fsp3) is 0.391. The van der Waals surface area contributed by atoms with Gasteiger partial charge in [0.25, 0.3) is 0 Å². The first-order valence-electron chi connectivity index (χ1n) is 11.2. The summed E-state index contributed by atoms with van der Waals surface area (Å²) in [5.41, 5.74) is 2.33. The van der Waals surface area contributed by atoms with Crippen molar-refractivity contribution < 1.29 is 13.2 Å². The first kappa shape index (κ1) is 22.0. The molecule has 0 N–H and O–H groups in total. The zero-order chi connectivity index (χ0) is 22.7. The van der Waals surface area contributed by atoms with E-state index in [9.17, 15) is 8.42 Å². The van der Waals surface area contributed by atoms with E-state index in [1.807, 2.05) is 23.0 Å². The number of hydrogen-bond donors (Lipinski definition) is 0. The summed E-state index contributed by atoms with van der Waals surface area (Å²) in [6.45, 7) is 6.11. The first-order valence-corrected chi connectivity index (χ1v) is 12.6. The standard InChI is InChI=1S/C23H28N6O3S/c30-33(31,28-14-16-32-17-15-28)22-6-7-23(24-18-22)27-12-10-26(11-13-27)19-20-2-4-21(5-3-20)29-9-1-8-25-29/h1-9,18H,10-17,19H2. The van der Waals surface area contributed by atoms with E-state index in [0.717, 1.165) is 44.2 Å². The third-order valence-corrected chi connectivity index (χ3v) is 8.02. The largest absolute Gasteiger partial charge is 0.379 e. The number of nitrogens with zero attached hydrogens (tertiary/aromatic N) is 6. The van der Waals surface area contributed by atoms with Gasteiger partial charge >= 0.3 is 0 Å². The Morgan fingerprint density at radius 3 is 2.30 bits per heavy atom. The molecule has 2 fully saturated rings. The zero-order valence-electron chi connectivity index (χ0n) is 18.5. The second kappa shape index (κ2) is 9.60. The van der Waals surface area contributed by atoms with Crippen LogP contribution in [0.15, 0.2) is 66.0 Å². The van der Waals surface area contributed by atoms with Crippen molar-refractivity contribution in [1.29, 1.82) is 0 Å². The highest BCUT2D eigenvalue weighted by Crippen LogP contribution is 2.21. The summed E-state index contributed by atoms with van der Waals surface area (Å²) in [7, 11) is -3.51. The van der Waals surface area contributed by atoms with Crippen LogP contribution >= 0.6 is 0 Å². The van der Waals surface area contributed by atoms with Crippen molar-refractivity contribution >= 4 is 15.8 Å². The number of piperazine rings is 1. The third-order valence-electron chi connectivity index (χ3n) is 6.14. The maximum atomic E-state index is 12.8. The molecule has 0 aliphatic carbocycles. The monoisotopic (exact) mass is 468 g/mol. The second-order valence-corrected chi connectivity index (χ2v) is 10.2. The van der Waals surface area contributed by atoms with Gasteiger partial charge in [-0.1, -0.05) is 12.1 Å². The summed E-state index contributed by atoms with van der Waals surface area (Å²) < 4.78 is 34.1. The number of ether oxygens (including phenoxy) is 1. The Bertz CT molecular complexity index is 1140. The summed E-state index contributed by atoms with van der Waals surface area (Å²) >= 11 is 0. The minimum atomic E-state index is -3.51. The molecule has 1 aromatic carbocycles. The van der Waals surface area contributed by atoms with E-state index in [4.69, 9.17) is 4.74 Å². The van der Waals surface area contributed by atoms with E-state index in [1.165, 1.54) is 16.1 Å². The smallest absolute Gasteiger partial charge is 0.244 e. The van der Waals surface area contributed by atoms with Crippen LogP contribution in [-0.2, 0) is 21.3 Å². The average Bonchev–Trinajstić information content (AvgIpc) is 3.41. The molecule has 0 bridgehead atoms. The van der Waals surface area contributed by atoms with Gasteiger partial charge in [0.2, 0.25) is 10.0 Å². The number of morpholine rings is 1. The lowest BCUT2D eigenvalue weighted by molar-refractivity contribution is 0.0730. The Labute approximate surface area is 194 Å². The van der Waals surface area contributed by atoms with Crippen LogP contribution in [0.1, 0.15) is 5.56 Å². The number of hydrogen-bond acceptors (Lipinski definition) is 7. The normalized spacial score (nSPS) is 18.5. The van der Waals surface area contributed by atoms with Crippen LogP contribution in [0.25, 0.3) is 5.69 Å². The van der Waals surface area contributed by atoms with Crippen molar-refractivity contribution in [2.75, 3.05) is 57.4 Å². The molecule has 3 aromatic rings. The average molecular weight is 469 g/mol. The molecule has 9 nitrogen and oxygen atoms in total. The van der Waals surface area contributed by atoms with Crippen molar-refractivity contribution in [2.45, 2.75) is 11.4 Å². The van der Waals surface area contributed by atoms with Gasteiger partial charge in [0.15, 0.2) is 0 Å². The van der Waals surface area contributed by atoms with Crippen molar-refractivity contribution in [2.24, 2.45) is 0 Å². The van der Waals surface area contributed by atoms with Crippen LogP contribution in [0.2, 0.25) is 0 Å². The van der Waals surface area contributed by atoms with Crippen molar-refractivity contribution in [3.63, 3.8) is 0 Å². The van der Waals surface area contributed by atoms with Gasteiger partial charge in [0.05, 0.1) is 18.9 Å². The van der Waals surface area contributed by atoms with Crippen molar-refractivity contribution in [1.82, 2.24) is 24.0 Å². The predicted octanol–water partition coefficient (Wildman–Crippen LogP) is 1.61. The molecule has 33 heavy (non-hydrogen) atoms. The van der Waals surface area contributed by atoms with Crippen LogP contribution < -0.4 is 4.90 Å². The van der Waals surface area contributed by atoms with Crippen LogP contribution in [0.5, 0.6) is 0 Å². The molecule has 0 amide bonds. The molecule has 5 rings (SSSR count). The molecule has 2 aliphatic heterocycles. The molecule has 0 radical (unpaired) electrons. The minimum Gasteiger partial charge on any atom is -0.379 e. The molecule has 2 saturated heterocycles. The summed E-state index contributed by atoms with van der Waals surface area (Å²) in [4.78, 5) is 9.35. The lowest BCUT2D eigenvalue weighted by Gasteiger charge is -2.35. The van der Waals surface area contributed by atoms with Crippen LogP contribution in [-0.4, -0.2) is 84.9 Å². The maximum Gasteiger partial charge on any atom is 0.244 e. The van der Waals surface area contributed by atoms with Gasteiger partial charge in [-0.3, -0.25) is 4.90 Å². The van der Waals surface area contributed by atoms with Gasteiger partial charge < -0.3 is 9.64 Å². The van der Waals surface area contributed by atoms with E-state index in [-0.39, 0.29) is 4.90 Å². The number of aromatic nitrogens is 3. The highest BCUT2D eigenvalue weighted by atomic mass is 32.2. The zero-order valence-corrected chi connectivity index (χ0v) is 19.3. The SMILES string of the molecule is O=S(=O)(c1ccc(N2CCN(Cc3ccc(-n4cccn4)cc3)CC2)nc1)N1CCOCC1. The molecule has 0 atom stereocenters. The van der Waals surface area contributed by atoms with Gasteiger partial charge in [-0.15, -0.1) is 0 Å². The number of sulfonamides is 1. The summed E-state index contributed by atoms with van der Waals surface area (Å²) in [5.74, 6) is 0.819. The molecule has 4 heterocycles. The highest BCUT2D eigenvalue weighted by molar-refractivity contribution is 7.89. The van der Waals surface area contributed by atoms with E-state index in [1.54, 1.807) is 12.3 Å². The molecule has 2 aromatic heterocycles. The predicted molar refractivity (Wildman–Crippen MR) is 125 cm³/mol. The molecule has 174 valence electrons. The fourth-order valence-electron chi connectivity index (χ4n) is 4.22. The van der Waals surface area contributed by atoms with Crippen LogP contribution in [0, 0.1) is 0 Å². The lowest BCUT2D eigenvalue weighted by atomic mass is 10.2. The number of benzene rings is 1. The first-order chi connectivity index (χ1) is 16.1. The Morgan fingerprint density at radius 2 is 1.67 bits per heavy atom. The Morgan fingerprint density at radius 1 is 0.909 bits per heavy atom. The van der Waals surface area contributed by atoms with Gasteiger partial charge in [0.1, 0.15) is 10.7 Å². The number of anilines is 1. The van der Waals surface area contributed by atoms with E-state index >= 15 is 0 Å². The van der Waals surface area contributed by atoms with E-state index in [0.29, 0.717) is 26.3 Å². The third kappa shape index (κ3) is 4.93. The van der Waals surface area contributed by atoms with E-state index < -0.39 is 10.0 Å². The minimum absolute atomic E-state index is 0.241.